The highest BCUT2D eigenvalue weighted by Crippen LogP contribution is 2.24. The number of carbonyl (C=O) groups excluding carboxylic acids is 2. The minimum Gasteiger partial charge on any atom is -0.465 e. The molecule has 0 aromatic heterocycles. The van der Waals surface area contributed by atoms with Gasteiger partial charge in [-0.1, -0.05) is 24.3 Å². The van der Waals surface area contributed by atoms with E-state index in [0.717, 1.165) is 11.9 Å². The lowest BCUT2D eigenvalue weighted by Crippen LogP contribution is -2.33. The fourth-order valence-corrected chi connectivity index (χ4v) is 2.46. The van der Waals surface area contributed by atoms with Crippen molar-refractivity contribution in [3.63, 3.8) is 0 Å². The lowest BCUT2D eigenvalue weighted by molar-refractivity contribution is 0.0603. The number of hydrogen-bond donors (Lipinski definition) is 0. The first-order chi connectivity index (χ1) is 11.0. The van der Waals surface area contributed by atoms with Crippen LogP contribution in [0.4, 0.5) is 0 Å². The van der Waals surface area contributed by atoms with Gasteiger partial charge in [0.2, 0.25) is 0 Å². The first-order valence-corrected chi connectivity index (χ1v) is 7.46. The van der Waals surface area contributed by atoms with Crippen LogP contribution in [0, 0.1) is 0 Å². The van der Waals surface area contributed by atoms with Gasteiger partial charge in [0.1, 0.15) is 0 Å². The van der Waals surface area contributed by atoms with Crippen LogP contribution in [-0.2, 0) is 4.74 Å². The fourth-order valence-electron chi connectivity index (χ4n) is 2.46. The summed E-state index contributed by atoms with van der Waals surface area (Å²) in [5.41, 5.74) is 0.930. The van der Waals surface area contributed by atoms with Crippen molar-refractivity contribution in [1.29, 1.82) is 0 Å². The minimum absolute atomic E-state index is 0.103. The number of amides is 1. The molecule has 0 unspecified atom stereocenters. The van der Waals surface area contributed by atoms with Crippen LogP contribution in [0.1, 0.15) is 20.7 Å². The van der Waals surface area contributed by atoms with Gasteiger partial charge >= 0.3 is 5.97 Å². The molecular formula is C18H22N2O3. The summed E-state index contributed by atoms with van der Waals surface area (Å²) in [4.78, 5) is 28.5. The number of hydrogen-bond acceptors (Lipinski definition) is 4. The predicted molar refractivity (Wildman–Crippen MR) is 90.8 cm³/mol. The number of esters is 1. The van der Waals surface area contributed by atoms with E-state index in [1.165, 1.54) is 7.11 Å². The molecule has 0 N–H and O–H groups in total. The highest BCUT2D eigenvalue weighted by atomic mass is 16.5. The number of nitrogens with zero attached hydrogens (tertiary/aromatic N) is 2. The normalized spacial score (nSPS) is 10.8. The number of ether oxygens (including phenoxy) is 1. The first kappa shape index (κ1) is 17.0. The molecule has 0 atom stereocenters. The van der Waals surface area contributed by atoms with E-state index in [1.807, 2.05) is 37.2 Å². The van der Waals surface area contributed by atoms with Crippen molar-refractivity contribution in [2.45, 2.75) is 0 Å². The van der Waals surface area contributed by atoms with E-state index in [0.29, 0.717) is 23.1 Å². The maximum Gasteiger partial charge on any atom is 0.338 e. The lowest BCUT2D eigenvalue weighted by atomic mass is 9.98. The van der Waals surface area contributed by atoms with Gasteiger partial charge < -0.3 is 14.5 Å². The Hall–Kier alpha value is -2.40. The molecule has 5 nitrogen and oxygen atoms in total. The molecule has 1 amide bonds. The smallest absolute Gasteiger partial charge is 0.338 e. The molecule has 0 spiro atoms. The van der Waals surface area contributed by atoms with Crippen LogP contribution in [0.3, 0.4) is 0 Å². The Morgan fingerprint density at radius 3 is 2.13 bits per heavy atom. The molecule has 0 bridgehead atoms. The first-order valence-electron chi connectivity index (χ1n) is 7.46. The van der Waals surface area contributed by atoms with Crippen molar-refractivity contribution in [2.24, 2.45) is 0 Å². The van der Waals surface area contributed by atoms with Gasteiger partial charge in [-0.2, -0.15) is 0 Å². The van der Waals surface area contributed by atoms with Gasteiger partial charge in [0.05, 0.1) is 12.7 Å². The third kappa shape index (κ3) is 3.68. The molecule has 0 aliphatic heterocycles. The maximum absolute atomic E-state index is 12.8. The Kier molecular flexibility index (Phi) is 5.34. The third-order valence-electron chi connectivity index (χ3n) is 3.77. The quantitative estimate of drug-likeness (QED) is 0.794. The Labute approximate surface area is 136 Å². The predicted octanol–water partition coefficient (Wildman–Crippen LogP) is 2.26. The summed E-state index contributed by atoms with van der Waals surface area (Å²) in [6.45, 7) is 1.39. The zero-order chi connectivity index (χ0) is 17.0. The summed E-state index contributed by atoms with van der Waals surface area (Å²) in [5.74, 6) is -0.541. The van der Waals surface area contributed by atoms with Crippen LogP contribution in [0.2, 0.25) is 0 Å². The van der Waals surface area contributed by atoms with E-state index in [2.05, 4.69) is 0 Å². The van der Waals surface area contributed by atoms with Gasteiger partial charge in [-0.05, 0) is 31.6 Å². The van der Waals surface area contributed by atoms with Gasteiger partial charge in [0, 0.05) is 31.1 Å². The monoisotopic (exact) mass is 314 g/mol. The minimum atomic E-state index is -0.438. The van der Waals surface area contributed by atoms with Gasteiger partial charge in [-0.25, -0.2) is 4.79 Å². The largest absolute Gasteiger partial charge is 0.465 e. The van der Waals surface area contributed by atoms with Crippen LogP contribution in [0.15, 0.2) is 36.4 Å². The van der Waals surface area contributed by atoms with E-state index in [4.69, 9.17) is 4.74 Å². The number of carbonyl (C=O) groups is 2. The second kappa shape index (κ2) is 7.24. The summed E-state index contributed by atoms with van der Waals surface area (Å²) in [6, 6.07) is 10.8. The second-order valence-corrected chi connectivity index (χ2v) is 5.73. The Morgan fingerprint density at radius 1 is 0.957 bits per heavy atom. The molecule has 2 aromatic carbocycles. The SMILES string of the molecule is COC(=O)c1cccc2cccc(C(=O)N(C)CCN(C)C)c12. The summed E-state index contributed by atoms with van der Waals surface area (Å²) in [7, 11) is 7.04. The molecule has 0 saturated carbocycles. The Balaban J connectivity index is 2.48. The van der Waals surface area contributed by atoms with E-state index in [1.54, 1.807) is 30.1 Å². The van der Waals surface area contributed by atoms with Crippen molar-refractivity contribution in [2.75, 3.05) is 41.3 Å². The number of benzene rings is 2. The molecule has 122 valence electrons. The van der Waals surface area contributed by atoms with Crippen LogP contribution in [0.5, 0.6) is 0 Å². The molecule has 0 aliphatic carbocycles. The number of rotatable bonds is 5. The van der Waals surface area contributed by atoms with Crippen LogP contribution < -0.4 is 0 Å². The molecule has 0 radical (unpaired) electrons. The molecule has 0 saturated heterocycles. The molecule has 2 rings (SSSR count). The molecule has 0 fully saturated rings. The van der Waals surface area contributed by atoms with Crippen molar-refractivity contribution in [3.05, 3.63) is 47.5 Å². The van der Waals surface area contributed by atoms with Crippen molar-refractivity contribution in [3.8, 4) is 0 Å². The molecule has 23 heavy (non-hydrogen) atoms. The summed E-state index contributed by atoms with van der Waals surface area (Å²) >= 11 is 0. The van der Waals surface area contributed by atoms with Gasteiger partial charge in [-0.3, -0.25) is 4.79 Å². The summed E-state index contributed by atoms with van der Waals surface area (Å²) in [6.07, 6.45) is 0. The van der Waals surface area contributed by atoms with E-state index in [-0.39, 0.29) is 5.91 Å². The lowest BCUT2D eigenvalue weighted by Gasteiger charge is -2.21. The maximum atomic E-state index is 12.8. The van der Waals surface area contributed by atoms with E-state index >= 15 is 0 Å². The molecule has 5 heteroatoms. The highest BCUT2D eigenvalue weighted by molar-refractivity contribution is 6.14. The van der Waals surface area contributed by atoms with Crippen molar-refractivity contribution in [1.82, 2.24) is 9.80 Å². The second-order valence-electron chi connectivity index (χ2n) is 5.73. The van der Waals surface area contributed by atoms with Crippen LogP contribution in [-0.4, -0.2) is 63.0 Å². The van der Waals surface area contributed by atoms with Gasteiger partial charge in [0.25, 0.3) is 5.91 Å². The average Bonchev–Trinajstić information content (AvgIpc) is 2.57. The molecule has 2 aromatic rings. The Bertz CT molecular complexity index is 720. The molecule has 0 aliphatic rings. The zero-order valence-electron chi connectivity index (χ0n) is 14.0. The van der Waals surface area contributed by atoms with E-state index < -0.39 is 5.97 Å². The average molecular weight is 314 g/mol. The topological polar surface area (TPSA) is 49.9 Å². The molecular weight excluding hydrogens is 292 g/mol. The van der Waals surface area contributed by atoms with Crippen LogP contribution >= 0.6 is 0 Å². The van der Waals surface area contributed by atoms with Crippen LogP contribution in [0.25, 0.3) is 10.8 Å². The third-order valence-corrected chi connectivity index (χ3v) is 3.77. The van der Waals surface area contributed by atoms with Gasteiger partial charge in [0.15, 0.2) is 0 Å². The number of fused-ring (bicyclic) bond motifs is 1. The standard InChI is InChI=1S/C18H22N2O3/c1-19(2)11-12-20(3)17(21)14-9-5-7-13-8-6-10-15(16(13)14)18(22)23-4/h5-10H,11-12H2,1-4H3. The highest BCUT2D eigenvalue weighted by Gasteiger charge is 2.19. The fraction of sp³-hybridized carbons (Fsp3) is 0.333. The zero-order valence-corrected chi connectivity index (χ0v) is 14.0. The Morgan fingerprint density at radius 2 is 1.57 bits per heavy atom. The number of likely N-dealkylation sites (N-methyl/N-ethyl adjacent to an activating group) is 2. The summed E-state index contributed by atoms with van der Waals surface area (Å²) in [5, 5.41) is 1.49. The van der Waals surface area contributed by atoms with E-state index in [9.17, 15) is 9.59 Å². The van der Waals surface area contributed by atoms with Crippen molar-refractivity contribution >= 4 is 22.6 Å². The van der Waals surface area contributed by atoms with Gasteiger partial charge in [-0.15, -0.1) is 0 Å². The number of methoxy groups -OCH3 is 1. The van der Waals surface area contributed by atoms with Crippen molar-refractivity contribution < 1.29 is 14.3 Å². The summed E-state index contributed by atoms with van der Waals surface area (Å²) < 4.78 is 4.85. The molecule has 0 heterocycles.